The number of allylic oxidation sites excluding steroid dienone is 1. The van der Waals surface area contributed by atoms with Crippen molar-refractivity contribution in [3.8, 4) is 11.4 Å². The smallest absolute Gasteiger partial charge is 0.337 e. The number of amides is 1. The molecule has 0 spiro atoms. The van der Waals surface area contributed by atoms with Gasteiger partial charge in [-0.3, -0.25) is 14.3 Å². The van der Waals surface area contributed by atoms with Crippen molar-refractivity contribution in [3.05, 3.63) is 67.0 Å². The fourth-order valence-electron chi connectivity index (χ4n) is 2.54. The number of carbonyl (C=O) groups excluding carboxylic acids is 2. The molecule has 0 fully saturated rings. The van der Waals surface area contributed by atoms with E-state index in [1.54, 1.807) is 42.7 Å². The van der Waals surface area contributed by atoms with Gasteiger partial charge in [0.2, 0.25) is 5.91 Å². The van der Waals surface area contributed by atoms with Gasteiger partial charge in [-0.05, 0) is 36.4 Å². The summed E-state index contributed by atoms with van der Waals surface area (Å²) in [7, 11) is 1.32. The average molecular weight is 409 g/mol. The molecule has 1 N–H and O–H groups in total. The lowest BCUT2D eigenvalue weighted by molar-refractivity contribution is -0.113. The monoisotopic (exact) mass is 409 g/mol. The van der Waals surface area contributed by atoms with Crippen molar-refractivity contribution in [1.29, 1.82) is 0 Å². The molecule has 0 saturated heterocycles. The number of hydrogen-bond acceptors (Lipinski definition) is 7. The predicted molar refractivity (Wildman–Crippen MR) is 111 cm³/mol. The van der Waals surface area contributed by atoms with E-state index in [0.29, 0.717) is 28.8 Å². The van der Waals surface area contributed by atoms with E-state index in [2.05, 4.69) is 31.8 Å². The van der Waals surface area contributed by atoms with Crippen LogP contribution in [0.1, 0.15) is 10.4 Å². The van der Waals surface area contributed by atoms with Crippen molar-refractivity contribution in [2.45, 2.75) is 11.7 Å². The third kappa shape index (κ3) is 5.08. The predicted octanol–water partition coefficient (Wildman–Crippen LogP) is 3.04. The second-order valence-electron chi connectivity index (χ2n) is 5.85. The van der Waals surface area contributed by atoms with Crippen LogP contribution in [0, 0.1) is 0 Å². The number of nitrogens with one attached hydrogen (secondary N) is 1. The van der Waals surface area contributed by atoms with Crippen molar-refractivity contribution < 1.29 is 14.3 Å². The maximum absolute atomic E-state index is 12.3. The van der Waals surface area contributed by atoms with E-state index >= 15 is 0 Å². The van der Waals surface area contributed by atoms with Gasteiger partial charge in [0.05, 0.1) is 18.4 Å². The van der Waals surface area contributed by atoms with Crippen LogP contribution in [-0.4, -0.2) is 44.5 Å². The van der Waals surface area contributed by atoms with Gasteiger partial charge >= 0.3 is 5.97 Å². The Bertz CT molecular complexity index is 1000. The molecular formula is C20H19N5O3S. The zero-order chi connectivity index (χ0) is 20.6. The molecule has 0 bridgehead atoms. The van der Waals surface area contributed by atoms with Gasteiger partial charge in [-0.25, -0.2) is 4.79 Å². The molecule has 0 radical (unpaired) electrons. The van der Waals surface area contributed by atoms with Crippen molar-refractivity contribution >= 4 is 29.3 Å². The Morgan fingerprint density at radius 2 is 1.90 bits per heavy atom. The zero-order valence-electron chi connectivity index (χ0n) is 15.7. The first-order valence-corrected chi connectivity index (χ1v) is 9.66. The van der Waals surface area contributed by atoms with Gasteiger partial charge in [-0.2, -0.15) is 0 Å². The first-order chi connectivity index (χ1) is 14.1. The molecule has 2 aromatic heterocycles. The number of thioether (sulfide) groups is 1. The van der Waals surface area contributed by atoms with Gasteiger partial charge in [-0.1, -0.05) is 17.8 Å². The number of esters is 1. The second-order valence-corrected chi connectivity index (χ2v) is 6.79. The number of anilines is 1. The molecule has 0 unspecified atom stereocenters. The molecule has 0 aliphatic carbocycles. The fraction of sp³-hybridized carbons (Fsp3) is 0.150. The quantitative estimate of drug-likeness (QED) is 0.347. The Labute approximate surface area is 172 Å². The molecule has 9 heteroatoms. The summed E-state index contributed by atoms with van der Waals surface area (Å²) in [6.45, 7) is 4.30. The summed E-state index contributed by atoms with van der Waals surface area (Å²) in [4.78, 5) is 27.8. The van der Waals surface area contributed by atoms with Crippen LogP contribution >= 0.6 is 11.8 Å². The number of aromatic nitrogens is 4. The minimum absolute atomic E-state index is 0.157. The minimum Gasteiger partial charge on any atom is -0.465 e. The van der Waals surface area contributed by atoms with Crippen LogP contribution in [0.15, 0.2) is 66.6 Å². The second kappa shape index (κ2) is 9.65. The highest BCUT2D eigenvalue weighted by atomic mass is 32.2. The Morgan fingerprint density at radius 3 is 2.55 bits per heavy atom. The molecule has 0 atom stereocenters. The molecule has 0 aliphatic rings. The van der Waals surface area contributed by atoms with Crippen LogP contribution < -0.4 is 5.32 Å². The number of carbonyl (C=O) groups is 2. The van der Waals surface area contributed by atoms with Gasteiger partial charge in [0, 0.05) is 30.2 Å². The van der Waals surface area contributed by atoms with E-state index in [4.69, 9.17) is 0 Å². The lowest BCUT2D eigenvalue weighted by Crippen LogP contribution is -2.15. The van der Waals surface area contributed by atoms with Crippen molar-refractivity contribution in [2.24, 2.45) is 0 Å². The Hall–Kier alpha value is -3.46. The van der Waals surface area contributed by atoms with E-state index in [1.165, 1.54) is 18.9 Å². The van der Waals surface area contributed by atoms with E-state index < -0.39 is 5.97 Å². The first-order valence-electron chi connectivity index (χ1n) is 8.68. The number of ether oxygens (including phenoxy) is 1. The first kappa shape index (κ1) is 20.3. The SMILES string of the molecule is C=CCn1c(SCC(=O)Nc2ccc(C(=O)OC)cc2)nnc1-c1ccncc1. The zero-order valence-corrected chi connectivity index (χ0v) is 16.6. The largest absolute Gasteiger partial charge is 0.465 e. The summed E-state index contributed by atoms with van der Waals surface area (Å²) in [5.41, 5.74) is 1.89. The van der Waals surface area contributed by atoms with Crippen LogP contribution in [-0.2, 0) is 16.1 Å². The lowest BCUT2D eigenvalue weighted by atomic mass is 10.2. The number of pyridine rings is 1. The van der Waals surface area contributed by atoms with Crippen molar-refractivity contribution in [3.63, 3.8) is 0 Å². The molecule has 0 aliphatic heterocycles. The lowest BCUT2D eigenvalue weighted by Gasteiger charge is -2.08. The van der Waals surface area contributed by atoms with Gasteiger partial charge in [0.25, 0.3) is 0 Å². The molecule has 3 aromatic rings. The summed E-state index contributed by atoms with van der Waals surface area (Å²) < 4.78 is 6.55. The number of hydrogen-bond donors (Lipinski definition) is 1. The van der Waals surface area contributed by atoms with Crippen molar-refractivity contribution in [1.82, 2.24) is 19.7 Å². The molecular weight excluding hydrogens is 390 g/mol. The number of methoxy groups -OCH3 is 1. The highest BCUT2D eigenvalue weighted by Crippen LogP contribution is 2.24. The highest BCUT2D eigenvalue weighted by molar-refractivity contribution is 7.99. The maximum Gasteiger partial charge on any atom is 0.337 e. The third-order valence-corrected chi connectivity index (χ3v) is 4.86. The van der Waals surface area contributed by atoms with Gasteiger partial charge in [0.15, 0.2) is 11.0 Å². The van der Waals surface area contributed by atoms with Crippen LogP contribution in [0.3, 0.4) is 0 Å². The normalized spacial score (nSPS) is 10.4. The standard InChI is InChI=1S/C20H19N5O3S/c1-3-12-25-18(14-8-10-21-11-9-14)23-24-20(25)29-13-17(26)22-16-6-4-15(5-7-16)19(27)28-2/h3-11H,1,12-13H2,2H3,(H,22,26). The van der Waals surface area contributed by atoms with Gasteiger partial charge in [0.1, 0.15) is 0 Å². The Kier molecular flexibility index (Phi) is 6.75. The molecule has 2 heterocycles. The fourth-order valence-corrected chi connectivity index (χ4v) is 3.29. The summed E-state index contributed by atoms with van der Waals surface area (Å²) >= 11 is 1.28. The average Bonchev–Trinajstić information content (AvgIpc) is 3.16. The minimum atomic E-state index is -0.426. The van der Waals surface area contributed by atoms with Crippen LogP contribution in [0.5, 0.6) is 0 Å². The summed E-state index contributed by atoms with van der Waals surface area (Å²) in [6, 6.07) is 10.2. The van der Waals surface area contributed by atoms with Gasteiger partial charge in [-0.15, -0.1) is 16.8 Å². The topological polar surface area (TPSA) is 99.0 Å². The summed E-state index contributed by atoms with van der Waals surface area (Å²) in [6.07, 6.45) is 5.13. The summed E-state index contributed by atoms with van der Waals surface area (Å²) in [5.74, 6) is 0.225. The van der Waals surface area contributed by atoms with E-state index in [1.807, 2.05) is 16.7 Å². The summed E-state index contributed by atoms with van der Waals surface area (Å²) in [5, 5.41) is 11.9. The van der Waals surface area contributed by atoms with Gasteiger partial charge < -0.3 is 10.1 Å². The maximum atomic E-state index is 12.3. The number of rotatable bonds is 8. The van der Waals surface area contributed by atoms with Crippen LogP contribution in [0.25, 0.3) is 11.4 Å². The van der Waals surface area contributed by atoms with Crippen LogP contribution in [0.2, 0.25) is 0 Å². The van der Waals surface area contributed by atoms with E-state index in [9.17, 15) is 9.59 Å². The van der Waals surface area contributed by atoms with Crippen molar-refractivity contribution in [2.75, 3.05) is 18.2 Å². The Morgan fingerprint density at radius 1 is 1.17 bits per heavy atom. The number of benzene rings is 1. The third-order valence-electron chi connectivity index (χ3n) is 3.89. The van der Waals surface area contributed by atoms with E-state index in [0.717, 1.165) is 5.56 Å². The van der Waals surface area contributed by atoms with Crippen LogP contribution in [0.4, 0.5) is 5.69 Å². The number of nitrogens with zero attached hydrogens (tertiary/aromatic N) is 4. The highest BCUT2D eigenvalue weighted by Gasteiger charge is 2.15. The molecule has 148 valence electrons. The van der Waals surface area contributed by atoms with E-state index in [-0.39, 0.29) is 11.7 Å². The molecule has 1 amide bonds. The molecule has 0 saturated carbocycles. The molecule has 3 rings (SSSR count). The molecule has 8 nitrogen and oxygen atoms in total. The Balaban J connectivity index is 1.65. The molecule has 29 heavy (non-hydrogen) atoms. The molecule has 1 aromatic carbocycles.